The number of carboxylic acids is 1. The van der Waals surface area contributed by atoms with Gasteiger partial charge >= 0.3 is 5.97 Å². The lowest BCUT2D eigenvalue weighted by Gasteiger charge is -2.44. The van der Waals surface area contributed by atoms with Crippen molar-refractivity contribution in [3.8, 4) is 11.1 Å². The van der Waals surface area contributed by atoms with E-state index in [1.54, 1.807) is 18.2 Å². The molecule has 2 amide bonds. The number of hydrogen-bond donors (Lipinski definition) is 2. The number of aliphatic carboxylic acids is 1. The van der Waals surface area contributed by atoms with E-state index in [4.69, 9.17) is 33.3 Å². The Balaban J connectivity index is 1.49. The molecule has 1 aliphatic heterocycles. The Morgan fingerprint density at radius 1 is 0.911 bits per heavy atom. The lowest BCUT2D eigenvalue weighted by atomic mass is 9.85. The maximum Gasteiger partial charge on any atom is 0.305 e. The third-order valence-corrected chi connectivity index (χ3v) is 9.12. The Labute approximate surface area is 274 Å². The summed E-state index contributed by atoms with van der Waals surface area (Å²) in [6.07, 6.45) is 6.24. The molecule has 1 atom stereocenters. The van der Waals surface area contributed by atoms with E-state index in [-0.39, 0.29) is 30.8 Å². The van der Waals surface area contributed by atoms with E-state index in [0.717, 1.165) is 67.2 Å². The van der Waals surface area contributed by atoms with Crippen LogP contribution in [0.25, 0.3) is 11.1 Å². The molecule has 1 heterocycles. The Morgan fingerprint density at radius 2 is 1.58 bits per heavy atom. The number of rotatable bonds is 11. The second kappa shape index (κ2) is 14.2. The van der Waals surface area contributed by atoms with Crippen LogP contribution in [-0.4, -0.2) is 45.7 Å². The maximum atomic E-state index is 14.6. The molecule has 0 bridgehead atoms. The Bertz CT molecular complexity index is 1580. The summed E-state index contributed by atoms with van der Waals surface area (Å²) < 4.78 is 0. The molecule has 0 unspecified atom stereocenters. The normalized spacial score (nSPS) is 16.6. The number of aliphatic imine (C=N–C) groups is 1. The number of carbonyl (C=O) groups is 3. The van der Waals surface area contributed by atoms with Crippen molar-refractivity contribution >= 4 is 46.7 Å². The highest BCUT2D eigenvalue weighted by Gasteiger charge is 2.50. The van der Waals surface area contributed by atoms with Crippen molar-refractivity contribution in [3.63, 3.8) is 0 Å². The van der Waals surface area contributed by atoms with Crippen molar-refractivity contribution in [1.82, 2.24) is 10.2 Å². The quantitative estimate of drug-likeness (QED) is 0.218. The number of carboxylic acid groups (broad SMARTS) is 1. The average Bonchev–Trinajstić information content (AvgIpc) is 3.28. The van der Waals surface area contributed by atoms with Gasteiger partial charge in [0, 0.05) is 27.7 Å². The zero-order valence-corrected chi connectivity index (χ0v) is 27.2. The van der Waals surface area contributed by atoms with E-state index in [1.807, 2.05) is 53.4 Å². The molecule has 2 aliphatic rings. The first kappa shape index (κ1) is 32.7. The average molecular weight is 649 g/mol. The minimum absolute atomic E-state index is 0.0589. The summed E-state index contributed by atoms with van der Waals surface area (Å²) in [4.78, 5) is 45.4. The monoisotopic (exact) mass is 647 g/mol. The van der Waals surface area contributed by atoms with E-state index >= 15 is 0 Å². The first-order chi connectivity index (χ1) is 21.6. The third-order valence-electron chi connectivity index (χ3n) is 8.69. The van der Waals surface area contributed by atoms with Crippen LogP contribution in [0.4, 0.5) is 0 Å². The number of amides is 2. The van der Waals surface area contributed by atoms with Crippen LogP contribution < -0.4 is 5.32 Å². The highest BCUT2D eigenvalue weighted by Crippen LogP contribution is 2.46. The van der Waals surface area contributed by atoms with Crippen LogP contribution in [0.1, 0.15) is 92.7 Å². The molecule has 3 aromatic carbocycles. The summed E-state index contributed by atoms with van der Waals surface area (Å²) in [5, 5.41) is 12.6. The standard InChI is InChI=1S/C36H39Cl2N3O4/c1-23(2)9-14-31(24-10-12-25(13-11-24)34(44)39-18-15-32(42)43)41-35(45)33(40-36(41)16-4-3-5-17-36)27-8-6-7-26(19-27)28-20-29(37)22-30(38)21-28/h6-8,10-13,19-23,31H,3-5,9,14-18H2,1-2H3,(H,39,44)(H,42,43)/t31-/m1/s1. The van der Waals surface area contributed by atoms with Gasteiger partial charge in [-0.2, -0.15) is 0 Å². The Kier molecular flexibility index (Phi) is 10.3. The molecule has 1 fully saturated rings. The predicted molar refractivity (Wildman–Crippen MR) is 179 cm³/mol. The van der Waals surface area contributed by atoms with Gasteiger partial charge in [0.25, 0.3) is 11.8 Å². The van der Waals surface area contributed by atoms with Crippen LogP contribution in [0.15, 0.2) is 71.7 Å². The molecule has 1 aliphatic carbocycles. The smallest absolute Gasteiger partial charge is 0.305 e. The zero-order valence-electron chi connectivity index (χ0n) is 25.7. The molecule has 0 radical (unpaired) electrons. The number of nitrogens with one attached hydrogen (secondary N) is 1. The lowest BCUT2D eigenvalue weighted by Crippen LogP contribution is -2.50. The van der Waals surface area contributed by atoms with Crippen molar-refractivity contribution in [1.29, 1.82) is 0 Å². The molecule has 3 aromatic rings. The molecule has 45 heavy (non-hydrogen) atoms. The Hall–Kier alpha value is -3.68. The van der Waals surface area contributed by atoms with E-state index < -0.39 is 11.6 Å². The molecule has 0 aromatic heterocycles. The SMILES string of the molecule is CC(C)CC[C@H](c1ccc(C(=O)NCCC(=O)O)cc1)N1C(=O)C(c2cccc(-c3cc(Cl)cc(Cl)c3)c2)=NC12CCCCC2. The largest absolute Gasteiger partial charge is 0.481 e. The van der Waals surface area contributed by atoms with Gasteiger partial charge in [0.15, 0.2) is 0 Å². The first-order valence-electron chi connectivity index (χ1n) is 15.7. The van der Waals surface area contributed by atoms with Crippen molar-refractivity contribution in [3.05, 3.63) is 93.5 Å². The third kappa shape index (κ3) is 7.59. The van der Waals surface area contributed by atoms with Crippen molar-refractivity contribution in [2.75, 3.05) is 6.54 Å². The van der Waals surface area contributed by atoms with Crippen LogP contribution >= 0.6 is 23.2 Å². The molecule has 1 saturated carbocycles. The fraction of sp³-hybridized carbons (Fsp3) is 0.389. The van der Waals surface area contributed by atoms with Crippen LogP contribution in [0.2, 0.25) is 10.0 Å². The second-order valence-electron chi connectivity index (χ2n) is 12.4. The molecular weight excluding hydrogens is 609 g/mol. The molecule has 9 heteroatoms. The first-order valence-corrected chi connectivity index (χ1v) is 16.4. The molecule has 1 spiro atoms. The van der Waals surface area contributed by atoms with E-state index in [9.17, 15) is 14.4 Å². The zero-order chi connectivity index (χ0) is 32.1. The summed E-state index contributed by atoms with van der Waals surface area (Å²) in [5.74, 6) is -0.933. The van der Waals surface area contributed by atoms with Gasteiger partial charge < -0.3 is 15.3 Å². The van der Waals surface area contributed by atoms with Gasteiger partial charge in [-0.1, -0.05) is 73.8 Å². The van der Waals surface area contributed by atoms with E-state index in [0.29, 0.717) is 27.2 Å². The van der Waals surface area contributed by atoms with Gasteiger partial charge in [-0.15, -0.1) is 0 Å². The number of halogens is 2. The van der Waals surface area contributed by atoms with Crippen molar-refractivity contribution in [2.24, 2.45) is 10.9 Å². The molecular formula is C36H39Cl2N3O4. The van der Waals surface area contributed by atoms with Gasteiger partial charge in [0.2, 0.25) is 0 Å². The fourth-order valence-corrected chi connectivity index (χ4v) is 6.97. The second-order valence-corrected chi connectivity index (χ2v) is 13.3. The molecule has 2 N–H and O–H groups in total. The van der Waals surface area contributed by atoms with E-state index in [2.05, 4.69) is 19.2 Å². The van der Waals surface area contributed by atoms with Gasteiger partial charge in [0.1, 0.15) is 11.4 Å². The van der Waals surface area contributed by atoms with Gasteiger partial charge in [-0.3, -0.25) is 19.4 Å². The minimum atomic E-state index is -0.965. The van der Waals surface area contributed by atoms with E-state index in [1.165, 1.54) is 0 Å². The van der Waals surface area contributed by atoms with Gasteiger partial charge in [-0.25, -0.2) is 0 Å². The molecule has 0 saturated heterocycles. The fourth-order valence-electron chi connectivity index (χ4n) is 6.45. The summed E-state index contributed by atoms with van der Waals surface area (Å²) in [6.45, 7) is 4.42. The van der Waals surface area contributed by atoms with Crippen LogP contribution in [0.3, 0.4) is 0 Å². The molecule has 236 valence electrons. The highest BCUT2D eigenvalue weighted by molar-refractivity contribution is 6.47. The van der Waals surface area contributed by atoms with Gasteiger partial charge in [0.05, 0.1) is 12.5 Å². The van der Waals surface area contributed by atoms with Crippen LogP contribution in [-0.2, 0) is 9.59 Å². The number of benzene rings is 3. The number of hydrogen-bond acceptors (Lipinski definition) is 4. The van der Waals surface area contributed by atoms with Crippen LogP contribution in [0.5, 0.6) is 0 Å². The molecule has 7 nitrogen and oxygen atoms in total. The molecule has 5 rings (SSSR count). The maximum absolute atomic E-state index is 14.6. The summed E-state index contributed by atoms with van der Waals surface area (Å²) in [7, 11) is 0. The number of nitrogens with zero attached hydrogens (tertiary/aromatic N) is 2. The van der Waals surface area contributed by atoms with Crippen molar-refractivity contribution < 1.29 is 19.5 Å². The minimum Gasteiger partial charge on any atom is -0.481 e. The Morgan fingerprint density at radius 3 is 2.22 bits per heavy atom. The number of carbonyl (C=O) groups excluding carboxylic acids is 2. The summed E-state index contributed by atoms with van der Waals surface area (Å²) >= 11 is 12.6. The van der Waals surface area contributed by atoms with Gasteiger partial charge in [-0.05, 0) is 97.5 Å². The predicted octanol–water partition coefficient (Wildman–Crippen LogP) is 8.33. The van der Waals surface area contributed by atoms with Crippen molar-refractivity contribution in [2.45, 2.75) is 76.9 Å². The topological polar surface area (TPSA) is 99.1 Å². The van der Waals surface area contributed by atoms with Crippen LogP contribution in [0, 0.1) is 5.92 Å². The summed E-state index contributed by atoms with van der Waals surface area (Å²) in [5.41, 5.74) is 3.77. The summed E-state index contributed by atoms with van der Waals surface area (Å²) in [6, 6.07) is 20.4. The highest BCUT2D eigenvalue weighted by atomic mass is 35.5. The lowest BCUT2D eigenvalue weighted by molar-refractivity contribution is -0.137.